The Balaban J connectivity index is 1.42. The summed E-state index contributed by atoms with van der Waals surface area (Å²) < 4.78 is 1.79. The van der Waals surface area contributed by atoms with Crippen molar-refractivity contribution in [2.75, 3.05) is 5.75 Å². The SMILES string of the molecule is O=C(CCSc1nnnn1Cc1cccs1)NC1CCCCC1. The van der Waals surface area contributed by atoms with Gasteiger partial charge in [0.15, 0.2) is 0 Å². The molecule has 0 saturated heterocycles. The first kappa shape index (κ1) is 16.4. The zero-order chi connectivity index (χ0) is 15.9. The molecule has 1 N–H and O–H groups in total. The van der Waals surface area contributed by atoms with Crippen LogP contribution in [0.5, 0.6) is 0 Å². The highest BCUT2D eigenvalue weighted by Crippen LogP contribution is 2.19. The lowest BCUT2D eigenvalue weighted by Gasteiger charge is -2.22. The predicted octanol–water partition coefficient (Wildman–Crippen LogP) is 2.71. The molecule has 124 valence electrons. The van der Waals surface area contributed by atoms with Crippen molar-refractivity contribution in [1.82, 2.24) is 25.5 Å². The number of thioether (sulfide) groups is 1. The van der Waals surface area contributed by atoms with Crippen molar-refractivity contribution in [2.45, 2.75) is 56.3 Å². The van der Waals surface area contributed by atoms with E-state index in [9.17, 15) is 4.79 Å². The molecule has 3 rings (SSSR count). The molecule has 8 heteroatoms. The highest BCUT2D eigenvalue weighted by atomic mass is 32.2. The van der Waals surface area contributed by atoms with Gasteiger partial charge in [-0.25, -0.2) is 4.68 Å². The van der Waals surface area contributed by atoms with E-state index in [0.717, 1.165) is 18.0 Å². The summed E-state index contributed by atoms with van der Waals surface area (Å²) in [4.78, 5) is 13.2. The van der Waals surface area contributed by atoms with E-state index < -0.39 is 0 Å². The van der Waals surface area contributed by atoms with Crippen LogP contribution in [0, 0.1) is 0 Å². The zero-order valence-electron chi connectivity index (χ0n) is 13.0. The van der Waals surface area contributed by atoms with Gasteiger partial charge in [-0.3, -0.25) is 4.79 Å². The third-order valence-electron chi connectivity index (χ3n) is 3.92. The van der Waals surface area contributed by atoms with Crippen molar-refractivity contribution < 1.29 is 4.79 Å². The maximum Gasteiger partial charge on any atom is 0.221 e. The van der Waals surface area contributed by atoms with Crippen LogP contribution in [-0.4, -0.2) is 37.9 Å². The number of nitrogens with one attached hydrogen (secondary N) is 1. The number of hydrogen-bond acceptors (Lipinski definition) is 6. The number of carbonyl (C=O) groups is 1. The molecule has 6 nitrogen and oxygen atoms in total. The molecule has 0 spiro atoms. The van der Waals surface area contributed by atoms with Crippen LogP contribution in [-0.2, 0) is 11.3 Å². The van der Waals surface area contributed by atoms with Crippen LogP contribution in [0.3, 0.4) is 0 Å². The van der Waals surface area contributed by atoms with Crippen LogP contribution < -0.4 is 5.32 Å². The molecular formula is C15H21N5OS2. The normalized spacial score (nSPS) is 15.7. The molecular weight excluding hydrogens is 330 g/mol. The van der Waals surface area contributed by atoms with E-state index in [1.54, 1.807) is 16.0 Å². The molecule has 0 aliphatic heterocycles. The van der Waals surface area contributed by atoms with Gasteiger partial charge in [0.25, 0.3) is 0 Å². The quantitative estimate of drug-likeness (QED) is 0.777. The summed E-state index contributed by atoms with van der Waals surface area (Å²) in [6, 6.07) is 4.47. The topological polar surface area (TPSA) is 72.7 Å². The van der Waals surface area contributed by atoms with Crippen LogP contribution in [0.25, 0.3) is 0 Å². The highest BCUT2D eigenvalue weighted by molar-refractivity contribution is 7.99. The number of amides is 1. The van der Waals surface area contributed by atoms with Gasteiger partial charge in [-0.1, -0.05) is 37.1 Å². The molecule has 0 unspecified atom stereocenters. The van der Waals surface area contributed by atoms with Gasteiger partial charge in [-0.05, 0) is 34.7 Å². The molecule has 2 heterocycles. The average Bonchev–Trinajstić information content (AvgIpc) is 3.21. The van der Waals surface area contributed by atoms with Crippen molar-refractivity contribution in [2.24, 2.45) is 0 Å². The molecule has 1 fully saturated rings. The van der Waals surface area contributed by atoms with Crippen LogP contribution in [0.15, 0.2) is 22.7 Å². The predicted molar refractivity (Wildman–Crippen MR) is 91.6 cm³/mol. The Morgan fingerprint density at radius 1 is 1.39 bits per heavy atom. The second-order valence-electron chi connectivity index (χ2n) is 5.70. The second kappa shape index (κ2) is 8.44. The Morgan fingerprint density at radius 2 is 2.26 bits per heavy atom. The number of rotatable bonds is 7. The van der Waals surface area contributed by atoms with Gasteiger partial charge in [0.1, 0.15) is 0 Å². The van der Waals surface area contributed by atoms with E-state index in [4.69, 9.17) is 0 Å². The molecule has 0 atom stereocenters. The Bertz CT molecular complexity index is 607. The smallest absolute Gasteiger partial charge is 0.221 e. The summed E-state index contributed by atoms with van der Waals surface area (Å²) >= 11 is 3.22. The first-order valence-corrected chi connectivity index (χ1v) is 9.88. The first-order valence-electron chi connectivity index (χ1n) is 8.02. The Labute approximate surface area is 144 Å². The monoisotopic (exact) mass is 351 g/mol. The fraction of sp³-hybridized carbons (Fsp3) is 0.600. The summed E-state index contributed by atoms with van der Waals surface area (Å²) in [5, 5.41) is 17.8. The van der Waals surface area contributed by atoms with Crippen LogP contribution in [0.2, 0.25) is 0 Å². The van der Waals surface area contributed by atoms with E-state index in [0.29, 0.717) is 24.8 Å². The van der Waals surface area contributed by atoms with Gasteiger partial charge in [-0.15, -0.1) is 16.4 Å². The van der Waals surface area contributed by atoms with Crippen molar-refractivity contribution in [3.8, 4) is 0 Å². The van der Waals surface area contributed by atoms with Gasteiger partial charge in [-0.2, -0.15) is 0 Å². The standard InChI is InChI=1S/C15H21N5OS2/c21-14(16-12-5-2-1-3-6-12)8-10-23-15-17-18-19-20(15)11-13-7-4-9-22-13/h4,7,9,12H,1-3,5-6,8,10-11H2,(H,16,21). The summed E-state index contributed by atoms with van der Waals surface area (Å²) in [6.07, 6.45) is 6.52. The van der Waals surface area contributed by atoms with Gasteiger partial charge in [0.2, 0.25) is 11.1 Å². The maximum absolute atomic E-state index is 12.0. The molecule has 23 heavy (non-hydrogen) atoms. The fourth-order valence-electron chi connectivity index (χ4n) is 2.73. The zero-order valence-corrected chi connectivity index (χ0v) is 14.6. The summed E-state index contributed by atoms with van der Waals surface area (Å²) in [5.41, 5.74) is 0. The van der Waals surface area contributed by atoms with Crippen LogP contribution in [0.1, 0.15) is 43.4 Å². The molecule has 1 aliphatic carbocycles. The van der Waals surface area contributed by atoms with Crippen molar-refractivity contribution in [3.05, 3.63) is 22.4 Å². The summed E-state index contributed by atoms with van der Waals surface area (Å²) in [7, 11) is 0. The lowest BCUT2D eigenvalue weighted by Crippen LogP contribution is -2.36. The maximum atomic E-state index is 12.0. The molecule has 2 aromatic heterocycles. The third-order valence-corrected chi connectivity index (χ3v) is 5.74. The molecule has 1 saturated carbocycles. The number of thiophene rings is 1. The molecule has 2 aromatic rings. The van der Waals surface area contributed by atoms with Crippen molar-refractivity contribution in [1.29, 1.82) is 0 Å². The molecule has 0 aromatic carbocycles. The van der Waals surface area contributed by atoms with Crippen LogP contribution >= 0.6 is 23.1 Å². The van der Waals surface area contributed by atoms with E-state index in [1.165, 1.54) is 35.9 Å². The third kappa shape index (κ3) is 5.04. The Kier molecular flexibility index (Phi) is 6.04. The van der Waals surface area contributed by atoms with E-state index >= 15 is 0 Å². The van der Waals surface area contributed by atoms with Crippen LogP contribution in [0.4, 0.5) is 0 Å². The van der Waals surface area contributed by atoms with Gasteiger partial charge in [0, 0.05) is 23.1 Å². The molecule has 1 amide bonds. The van der Waals surface area contributed by atoms with Gasteiger partial charge in [0.05, 0.1) is 6.54 Å². The molecule has 0 bridgehead atoms. The fourth-order valence-corrected chi connectivity index (χ4v) is 4.23. The van der Waals surface area contributed by atoms with Crippen molar-refractivity contribution >= 4 is 29.0 Å². The van der Waals surface area contributed by atoms with E-state index in [-0.39, 0.29) is 5.91 Å². The first-order chi connectivity index (χ1) is 11.3. The minimum atomic E-state index is 0.140. The molecule has 1 aliphatic rings. The van der Waals surface area contributed by atoms with Gasteiger partial charge >= 0.3 is 0 Å². The van der Waals surface area contributed by atoms with Crippen molar-refractivity contribution in [3.63, 3.8) is 0 Å². The second-order valence-corrected chi connectivity index (χ2v) is 7.79. The highest BCUT2D eigenvalue weighted by Gasteiger charge is 2.16. The van der Waals surface area contributed by atoms with Gasteiger partial charge < -0.3 is 5.32 Å². The Hall–Kier alpha value is -1.41. The van der Waals surface area contributed by atoms with E-state index in [2.05, 4.69) is 26.9 Å². The Morgan fingerprint density at radius 3 is 3.04 bits per heavy atom. The number of nitrogens with zero attached hydrogens (tertiary/aromatic N) is 4. The number of tetrazole rings is 1. The lowest BCUT2D eigenvalue weighted by atomic mass is 9.95. The summed E-state index contributed by atoms with van der Waals surface area (Å²) in [5.74, 6) is 0.838. The minimum absolute atomic E-state index is 0.140. The number of aromatic nitrogens is 4. The average molecular weight is 352 g/mol. The molecule has 0 radical (unpaired) electrons. The number of carbonyl (C=O) groups excluding carboxylic acids is 1. The summed E-state index contributed by atoms with van der Waals surface area (Å²) in [6.45, 7) is 0.682. The van der Waals surface area contributed by atoms with E-state index in [1.807, 2.05) is 11.4 Å². The minimum Gasteiger partial charge on any atom is -0.353 e. The lowest BCUT2D eigenvalue weighted by molar-refractivity contribution is -0.121. The number of hydrogen-bond donors (Lipinski definition) is 1. The largest absolute Gasteiger partial charge is 0.353 e.